The van der Waals surface area contributed by atoms with Crippen molar-refractivity contribution in [3.8, 4) is 56.3 Å². The summed E-state index contributed by atoms with van der Waals surface area (Å²) in [6.45, 7) is 0. The predicted octanol–water partition coefficient (Wildman–Crippen LogP) is 15.7. The largest absolute Gasteiger partial charge is 0.309 e. The number of thiophene rings is 1. The van der Waals surface area contributed by atoms with Crippen molar-refractivity contribution in [1.82, 2.24) is 19.1 Å². The average Bonchev–Trinajstić information content (AvgIpc) is 4.02. The molecule has 4 nitrogen and oxygen atoms in total. The number of benzene rings is 9. The van der Waals surface area contributed by atoms with Gasteiger partial charge in [-0.25, -0.2) is 9.97 Å². The van der Waals surface area contributed by atoms with Crippen molar-refractivity contribution in [2.24, 2.45) is 0 Å². The topological polar surface area (TPSA) is 35.6 Å². The molecule has 4 aromatic heterocycles. The van der Waals surface area contributed by atoms with E-state index in [2.05, 4.69) is 221 Å². The first-order valence-electron chi connectivity index (χ1n) is 21.3. The lowest BCUT2D eigenvalue weighted by molar-refractivity contribution is 1.17. The molecule has 0 aliphatic heterocycles. The lowest BCUT2D eigenvalue weighted by Gasteiger charge is -2.21. The van der Waals surface area contributed by atoms with Gasteiger partial charge in [0.25, 0.3) is 0 Å². The first-order valence-corrected chi connectivity index (χ1v) is 22.2. The molecule has 0 fully saturated rings. The van der Waals surface area contributed by atoms with Crippen molar-refractivity contribution < 1.29 is 0 Å². The van der Waals surface area contributed by atoms with Crippen LogP contribution in [0.1, 0.15) is 0 Å². The number of hydrogen-bond donors (Lipinski definition) is 0. The first-order chi connectivity index (χ1) is 31.3. The van der Waals surface area contributed by atoms with Gasteiger partial charge in [0.15, 0.2) is 5.82 Å². The Balaban J connectivity index is 1.18. The second kappa shape index (κ2) is 14.2. The van der Waals surface area contributed by atoms with Crippen LogP contribution in [0.15, 0.2) is 218 Å². The van der Waals surface area contributed by atoms with E-state index in [0.717, 1.165) is 77.1 Å². The van der Waals surface area contributed by atoms with Gasteiger partial charge in [0, 0.05) is 59.6 Å². The third-order valence-corrected chi connectivity index (χ3v) is 13.7. The highest BCUT2D eigenvalue weighted by Gasteiger charge is 2.26. The quantitative estimate of drug-likeness (QED) is 0.167. The summed E-state index contributed by atoms with van der Waals surface area (Å²) in [5.74, 6) is 0.717. The molecule has 5 heteroatoms. The molecule has 0 unspecified atom stereocenters. The fourth-order valence-electron chi connectivity index (χ4n) is 9.80. The number of rotatable bonds is 6. The van der Waals surface area contributed by atoms with Crippen LogP contribution >= 0.6 is 11.3 Å². The van der Waals surface area contributed by atoms with Gasteiger partial charge in [-0.05, 0) is 65.7 Å². The van der Waals surface area contributed by atoms with E-state index in [1.165, 1.54) is 37.3 Å². The van der Waals surface area contributed by atoms with Crippen LogP contribution in [0.4, 0.5) is 0 Å². The Morgan fingerprint density at radius 3 is 1.44 bits per heavy atom. The molecule has 0 spiro atoms. The van der Waals surface area contributed by atoms with Gasteiger partial charge in [0.1, 0.15) is 0 Å². The highest BCUT2D eigenvalue weighted by atomic mass is 32.1. The van der Waals surface area contributed by atoms with Crippen LogP contribution < -0.4 is 0 Å². The fourth-order valence-corrected chi connectivity index (χ4v) is 11.0. The van der Waals surface area contributed by atoms with Crippen LogP contribution in [0.2, 0.25) is 0 Å². The van der Waals surface area contributed by atoms with E-state index in [9.17, 15) is 0 Å². The van der Waals surface area contributed by atoms with E-state index < -0.39 is 0 Å². The molecule has 0 saturated heterocycles. The van der Waals surface area contributed by atoms with E-state index in [0.29, 0.717) is 5.82 Å². The Bertz CT molecular complexity index is 3820. The molecule has 0 radical (unpaired) electrons. The van der Waals surface area contributed by atoms with Crippen molar-refractivity contribution in [2.75, 3.05) is 0 Å². The monoisotopic (exact) mass is 820 g/mol. The van der Waals surface area contributed by atoms with Gasteiger partial charge >= 0.3 is 0 Å². The molecule has 63 heavy (non-hydrogen) atoms. The zero-order valence-corrected chi connectivity index (χ0v) is 34.8. The summed E-state index contributed by atoms with van der Waals surface area (Å²) >= 11 is 1.77. The van der Waals surface area contributed by atoms with Gasteiger partial charge in [0.05, 0.1) is 43.7 Å². The summed E-state index contributed by atoms with van der Waals surface area (Å²) in [5.41, 5.74) is 15.4. The minimum absolute atomic E-state index is 0.717. The van der Waals surface area contributed by atoms with Crippen LogP contribution in [-0.2, 0) is 0 Å². The molecule has 0 bridgehead atoms. The SMILES string of the molecule is c1ccc(-c2nc(-c3cc(-c4ccccc4)c(-n4c5ccccc5c5c6c7ccccc7n(-c7ccccc7)c6ccc54)c(-c4ccccc4)c3)c3sc4ccccc4c3n2)cc1. The number of nitrogens with zero attached hydrogens (tertiary/aromatic N) is 4. The van der Waals surface area contributed by atoms with E-state index in [1.807, 2.05) is 6.07 Å². The number of hydrogen-bond acceptors (Lipinski definition) is 3. The van der Waals surface area contributed by atoms with Crippen LogP contribution in [-0.4, -0.2) is 19.1 Å². The zero-order chi connectivity index (χ0) is 41.4. The third kappa shape index (κ3) is 5.53. The van der Waals surface area contributed by atoms with Gasteiger partial charge in [-0.15, -0.1) is 11.3 Å². The molecule has 0 amide bonds. The maximum atomic E-state index is 5.48. The zero-order valence-electron chi connectivity index (χ0n) is 34.0. The number of aromatic nitrogens is 4. The Hall–Kier alpha value is -8.12. The summed E-state index contributed by atoms with van der Waals surface area (Å²) in [7, 11) is 0. The molecule has 0 saturated carbocycles. The van der Waals surface area contributed by atoms with Gasteiger partial charge in [-0.3, -0.25) is 0 Å². The minimum Gasteiger partial charge on any atom is -0.309 e. The molecule has 0 aliphatic carbocycles. The van der Waals surface area contributed by atoms with Gasteiger partial charge in [-0.2, -0.15) is 0 Å². The van der Waals surface area contributed by atoms with Crippen molar-refractivity contribution in [1.29, 1.82) is 0 Å². The lowest BCUT2D eigenvalue weighted by atomic mass is 9.91. The molecule has 13 aromatic rings. The van der Waals surface area contributed by atoms with Gasteiger partial charge < -0.3 is 9.13 Å². The summed E-state index contributed by atoms with van der Waals surface area (Å²) in [6.07, 6.45) is 0. The third-order valence-electron chi connectivity index (χ3n) is 12.5. The summed E-state index contributed by atoms with van der Waals surface area (Å²) in [5, 5.41) is 6.09. The second-order valence-electron chi connectivity index (χ2n) is 16.1. The summed E-state index contributed by atoms with van der Waals surface area (Å²) < 4.78 is 7.21. The van der Waals surface area contributed by atoms with Crippen LogP contribution in [0.5, 0.6) is 0 Å². The van der Waals surface area contributed by atoms with Gasteiger partial charge in [0.2, 0.25) is 0 Å². The molecular weight excluding hydrogens is 785 g/mol. The predicted molar refractivity (Wildman–Crippen MR) is 265 cm³/mol. The molecule has 0 atom stereocenters. The Morgan fingerprint density at radius 2 is 0.841 bits per heavy atom. The Morgan fingerprint density at radius 1 is 0.365 bits per heavy atom. The molecular formula is C58H36N4S. The smallest absolute Gasteiger partial charge is 0.160 e. The van der Waals surface area contributed by atoms with Crippen molar-refractivity contribution in [3.63, 3.8) is 0 Å². The maximum absolute atomic E-state index is 5.48. The number of para-hydroxylation sites is 3. The molecule has 0 N–H and O–H groups in total. The summed E-state index contributed by atoms with van der Waals surface area (Å²) in [4.78, 5) is 10.7. The van der Waals surface area contributed by atoms with E-state index in [1.54, 1.807) is 11.3 Å². The van der Waals surface area contributed by atoms with E-state index in [-0.39, 0.29) is 0 Å². The highest BCUT2D eigenvalue weighted by Crippen LogP contribution is 2.48. The van der Waals surface area contributed by atoms with Crippen LogP contribution in [0, 0.1) is 0 Å². The normalized spacial score (nSPS) is 11.8. The minimum atomic E-state index is 0.717. The molecule has 294 valence electrons. The first kappa shape index (κ1) is 35.6. The Kier molecular flexibility index (Phi) is 8.05. The van der Waals surface area contributed by atoms with Crippen molar-refractivity contribution in [3.05, 3.63) is 218 Å². The summed E-state index contributed by atoms with van der Waals surface area (Å²) in [6, 6.07) is 78.6. The average molecular weight is 821 g/mol. The molecule has 4 heterocycles. The molecule has 9 aromatic carbocycles. The fraction of sp³-hybridized carbons (Fsp3) is 0. The molecule has 0 aliphatic rings. The molecule has 13 rings (SSSR count). The van der Waals surface area contributed by atoms with E-state index >= 15 is 0 Å². The Labute approximate surface area is 367 Å². The van der Waals surface area contributed by atoms with E-state index in [4.69, 9.17) is 9.97 Å². The van der Waals surface area contributed by atoms with Gasteiger partial charge in [-0.1, -0.05) is 164 Å². The van der Waals surface area contributed by atoms with Crippen molar-refractivity contribution >= 4 is 75.3 Å². The lowest BCUT2D eigenvalue weighted by Crippen LogP contribution is -2.02. The van der Waals surface area contributed by atoms with Crippen LogP contribution in [0.25, 0.3) is 120 Å². The standard InChI is InChI=1S/C58H36N4S/c1-5-19-37(20-6-1)45-35-40(54-57-55(44-29-15-18-32-51(44)63-57)60-58(59-54)39-23-9-3-10-24-39)36-46(38-21-7-2-8-22-38)56(45)62-48-31-17-14-28-43(48)53-50(62)34-33-49-52(53)42-27-13-16-30-47(42)61(49)41-25-11-4-12-26-41/h1-36H. The number of fused-ring (bicyclic) bond motifs is 10. The van der Waals surface area contributed by atoms with Crippen LogP contribution in [0.3, 0.4) is 0 Å². The maximum Gasteiger partial charge on any atom is 0.160 e. The second-order valence-corrected chi connectivity index (χ2v) is 17.1. The van der Waals surface area contributed by atoms with Crippen molar-refractivity contribution in [2.45, 2.75) is 0 Å². The highest BCUT2D eigenvalue weighted by molar-refractivity contribution is 7.26.